The Hall–Kier alpha value is -3.33. The van der Waals surface area contributed by atoms with Gasteiger partial charge in [-0.1, -0.05) is 0 Å². The van der Waals surface area contributed by atoms with Gasteiger partial charge in [-0.25, -0.2) is 15.0 Å². The summed E-state index contributed by atoms with van der Waals surface area (Å²) in [4.78, 5) is 43.4. The van der Waals surface area contributed by atoms with Crippen LogP contribution in [-0.2, 0) is 14.9 Å². The normalized spacial score (nSPS) is 17.3. The summed E-state index contributed by atoms with van der Waals surface area (Å²) in [5.74, 6) is -0.929. The monoisotopic (exact) mass is 409 g/mol. The lowest BCUT2D eigenvalue weighted by Crippen LogP contribution is -2.44. The smallest absolute Gasteiger partial charge is 0.315 e. The maximum Gasteiger partial charge on any atom is 0.315 e. The van der Waals surface area contributed by atoms with E-state index in [0.717, 1.165) is 0 Å². The van der Waals surface area contributed by atoms with Gasteiger partial charge in [0.1, 0.15) is 16.9 Å². The maximum atomic E-state index is 13.4. The molecule has 0 unspecified atom stereocenters. The number of carbonyl (C=O) groups excluding carboxylic acids is 1. The number of anilines is 1. The molecule has 0 bridgehead atoms. The fourth-order valence-electron chi connectivity index (χ4n) is 3.46. The summed E-state index contributed by atoms with van der Waals surface area (Å²) in [6.45, 7) is 6.78. The lowest BCUT2D eigenvalue weighted by atomic mass is 9.89. The molecule has 0 aliphatic carbocycles. The van der Waals surface area contributed by atoms with Gasteiger partial charge in [0.2, 0.25) is 11.6 Å². The minimum Gasteiger partial charge on any atom is -0.481 e. The first-order valence-corrected chi connectivity index (χ1v) is 9.73. The fourth-order valence-corrected chi connectivity index (χ4v) is 3.46. The predicted molar refractivity (Wildman–Crippen MR) is 110 cm³/mol. The van der Waals surface area contributed by atoms with Gasteiger partial charge in [-0.2, -0.15) is 0 Å². The molecule has 156 valence electrons. The lowest BCUT2D eigenvalue weighted by Gasteiger charge is -2.35. The van der Waals surface area contributed by atoms with Gasteiger partial charge in [0.05, 0.1) is 24.9 Å². The molecule has 30 heavy (non-hydrogen) atoms. The Morgan fingerprint density at radius 3 is 2.83 bits per heavy atom. The second kappa shape index (κ2) is 7.49. The second-order valence-corrected chi connectivity index (χ2v) is 7.91. The average Bonchev–Trinajstić information content (AvgIpc) is 3.22. The fraction of sp³-hybridized carbons (Fsp3) is 0.381. The molecule has 2 N–H and O–H groups in total. The number of hydrogen-bond donors (Lipinski definition) is 2. The van der Waals surface area contributed by atoms with Gasteiger partial charge < -0.3 is 19.7 Å². The van der Waals surface area contributed by atoms with Crippen molar-refractivity contribution in [3.8, 4) is 0 Å². The van der Waals surface area contributed by atoms with Gasteiger partial charge in [0.25, 0.3) is 0 Å². The molecule has 4 heterocycles. The number of rotatable bonds is 5. The van der Waals surface area contributed by atoms with E-state index < -0.39 is 11.4 Å². The van der Waals surface area contributed by atoms with Crippen LogP contribution in [0.15, 0.2) is 30.6 Å². The molecule has 0 saturated carbocycles. The van der Waals surface area contributed by atoms with Crippen molar-refractivity contribution >= 4 is 28.6 Å². The summed E-state index contributed by atoms with van der Waals surface area (Å²) in [6.07, 6.45) is 3.25. The highest BCUT2D eigenvalue weighted by Crippen LogP contribution is 2.28. The molecule has 3 aromatic heterocycles. The van der Waals surface area contributed by atoms with E-state index in [1.165, 1.54) is 0 Å². The third kappa shape index (κ3) is 3.41. The molecule has 0 spiro atoms. The summed E-state index contributed by atoms with van der Waals surface area (Å²) < 4.78 is 5.50. The van der Waals surface area contributed by atoms with Crippen LogP contribution in [0.5, 0.6) is 0 Å². The highest BCUT2D eigenvalue weighted by atomic mass is 16.5. The first-order valence-electron chi connectivity index (χ1n) is 9.73. The summed E-state index contributed by atoms with van der Waals surface area (Å²) in [7, 11) is 0. The van der Waals surface area contributed by atoms with E-state index in [1.54, 1.807) is 44.4 Å². The van der Waals surface area contributed by atoms with Crippen LogP contribution in [0.25, 0.3) is 11.0 Å². The first-order chi connectivity index (χ1) is 14.3. The third-order valence-electron chi connectivity index (χ3n) is 5.46. The number of H-pyrrole nitrogens is 1. The minimum absolute atomic E-state index is 0.0368. The zero-order chi connectivity index (χ0) is 21.5. The van der Waals surface area contributed by atoms with Crippen molar-refractivity contribution in [2.24, 2.45) is 0 Å². The number of nitrogens with one attached hydrogen (secondary N) is 1. The lowest BCUT2D eigenvalue weighted by molar-refractivity contribution is -0.142. The molecule has 1 saturated heterocycles. The van der Waals surface area contributed by atoms with E-state index in [9.17, 15) is 14.7 Å². The van der Waals surface area contributed by atoms with Crippen LogP contribution in [0.2, 0.25) is 0 Å². The van der Waals surface area contributed by atoms with Gasteiger partial charge in [0.15, 0.2) is 0 Å². The molecule has 1 atom stereocenters. The summed E-state index contributed by atoms with van der Waals surface area (Å²) in [5.41, 5.74) is -0.0111. The maximum absolute atomic E-state index is 13.4. The van der Waals surface area contributed by atoms with E-state index >= 15 is 0 Å². The van der Waals surface area contributed by atoms with Crippen LogP contribution < -0.4 is 4.90 Å². The number of ether oxygens (including phenoxy) is 1. The first kappa shape index (κ1) is 20.0. The van der Waals surface area contributed by atoms with Crippen LogP contribution in [0, 0.1) is 0 Å². The van der Waals surface area contributed by atoms with Crippen molar-refractivity contribution in [1.29, 1.82) is 0 Å². The van der Waals surface area contributed by atoms with Gasteiger partial charge in [-0.05, 0) is 32.9 Å². The van der Waals surface area contributed by atoms with Gasteiger partial charge in [-0.15, -0.1) is 0 Å². The number of pyridine rings is 1. The van der Waals surface area contributed by atoms with Crippen LogP contribution >= 0.6 is 0 Å². The van der Waals surface area contributed by atoms with Crippen LogP contribution in [0.4, 0.5) is 5.82 Å². The number of aromatic amines is 1. The average molecular weight is 409 g/mol. The molecule has 1 fully saturated rings. The number of nitrogens with zero attached hydrogens (tertiary/aromatic N) is 4. The van der Waals surface area contributed by atoms with E-state index in [-0.39, 0.29) is 23.3 Å². The molecule has 1 aliphatic rings. The van der Waals surface area contributed by atoms with Crippen molar-refractivity contribution in [2.45, 2.75) is 32.2 Å². The number of hydrogen-bond acceptors (Lipinski definition) is 7. The highest BCUT2D eigenvalue weighted by Gasteiger charge is 2.34. The number of carboxylic acids is 1. The van der Waals surface area contributed by atoms with E-state index in [1.807, 2.05) is 11.8 Å². The Morgan fingerprint density at radius 2 is 2.10 bits per heavy atom. The Labute approximate surface area is 173 Å². The van der Waals surface area contributed by atoms with Crippen molar-refractivity contribution in [3.05, 3.63) is 47.7 Å². The summed E-state index contributed by atoms with van der Waals surface area (Å²) >= 11 is 0. The SMILES string of the molecule is C[C@@H]1COCCN1c1cc(C(C)(C)C(=O)O)nc(C(=O)c2ccnc3[nH]ccc23)n1. The quantitative estimate of drug-likeness (QED) is 0.615. The van der Waals surface area contributed by atoms with Gasteiger partial charge in [0, 0.05) is 36.0 Å². The molecule has 0 amide bonds. The molecule has 0 aromatic carbocycles. The number of morpholine rings is 1. The van der Waals surface area contributed by atoms with Gasteiger partial charge in [-0.3, -0.25) is 9.59 Å². The topological polar surface area (TPSA) is 121 Å². The minimum atomic E-state index is -1.29. The van der Waals surface area contributed by atoms with Crippen molar-refractivity contribution in [2.75, 3.05) is 24.7 Å². The van der Waals surface area contributed by atoms with Crippen molar-refractivity contribution in [3.63, 3.8) is 0 Å². The van der Waals surface area contributed by atoms with Crippen LogP contribution in [0.1, 0.15) is 42.6 Å². The van der Waals surface area contributed by atoms with E-state index in [4.69, 9.17) is 4.74 Å². The van der Waals surface area contributed by atoms with Gasteiger partial charge >= 0.3 is 5.97 Å². The van der Waals surface area contributed by atoms with Crippen LogP contribution in [0.3, 0.4) is 0 Å². The standard InChI is InChI=1S/C21H23N5O4/c1-12-11-30-9-8-26(12)16-10-15(21(2,3)20(28)29)24-19(25-16)17(27)13-4-6-22-18-14(13)5-7-23-18/h4-7,10,12H,8-9,11H2,1-3H3,(H,22,23)(H,28,29)/t12-/m1/s1. The molecule has 1 aliphatic heterocycles. The molecule has 9 nitrogen and oxygen atoms in total. The summed E-state index contributed by atoms with van der Waals surface area (Å²) in [5, 5.41) is 10.4. The highest BCUT2D eigenvalue weighted by molar-refractivity contribution is 6.14. The molecule has 3 aromatic rings. The molecule has 9 heteroatoms. The Kier molecular flexibility index (Phi) is 4.98. The zero-order valence-electron chi connectivity index (χ0n) is 17.0. The Balaban J connectivity index is 1.86. The van der Waals surface area contributed by atoms with Crippen molar-refractivity contribution < 1.29 is 19.4 Å². The molecular weight excluding hydrogens is 386 g/mol. The molecule has 4 rings (SSSR count). The zero-order valence-corrected chi connectivity index (χ0v) is 17.0. The number of ketones is 1. The number of aromatic nitrogens is 4. The largest absolute Gasteiger partial charge is 0.481 e. The van der Waals surface area contributed by atoms with Crippen LogP contribution in [-0.4, -0.2) is 62.6 Å². The van der Waals surface area contributed by atoms with E-state index in [0.29, 0.717) is 42.2 Å². The number of aliphatic carboxylic acids is 1. The Bertz CT molecular complexity index is 1120. The third-order valence-corrected chi connectivity index (χ3v) is 5.46. The number of fused-ring (bicyclic) bond motifs is 1. The van der Waals surface area contributed by atoms with E-state index in [2.05, 4.69) is 19.9 Å². The van der Waals surface area contributed by atoms with Crippen molar-refractivity contribution in [1.82, 2.24) is 19.9 Å². The second-order valence-electron chi connectivity index (χ2n) is 7.91. The molecule has 0 radical (unpaired) electrons. The Morgan fingerprint density at radius 1 is 1.30 bits per heavy atom. The number of carboxylic acid groups (broad SMARTS) is 1. The number of carbonyl (C=O) groups is 2. The molecular formula is C21H23N5O4. The summed E-state index contributed by atoms with van der Waals surface area (Å²) in [6, 6.07) is 5.08. The predicted octanol–water partition coefficient (Wildman–Crippen LogP) is 2.17.